The third-order valence-corrected chi connectivity index (χ3v) is 14.1. The Balaban J connectivity index is 1.03. The fourth-order valence-corrected chi connectivity index (χ4v) is 11.1. The van der Waals surface area contributed by atoms with Crippen molar-refractivity contribution < 1.29 is 4.42 Å². The molecule has 0 aliphatic heterocycles. The summed E-state index contributed by atoms with van der Waals surface area (Å²) in [7, 11) is 0. The number of rotatable bonds is 4. The average molecular weight is 821 g/mol. The van der Waals surface area contributed by atoms with Crippen molar-refractivity contribution in [3.05, 3.63) is 200 Å². The van der Waals surface area contributed by atoms with Crippen LogP contribution in [0, 0.1) is 0 Å². The molecule has 0 fully saturated rings. The normalized spacial score (nSPS) is 12.5. The zero-order valence-corrected chi connectivity index (χ0v) is 34.4. The highest BCUT2D eigenvalue weighted by atomic mass is 32.1. The van der Waals surface area contributed by atoms with Crippen LogP contribution in [-0.2, 0) is 0 Å². The van der Waals surface area contributed by atoms with E-state index < -0.39 is 0 Å². The van der Waals surface area contributed by atoms with Gasteiger partial charge in [0.15, 0.2) is 17.5 Å². The molecule has 0 bridgehead atoms. The third-order valence-electron chi connectivity index (χ3n) is 12.9. The molecule has 0 N–H and O–H groups in total. The predicted molar refractivity (Wildman–Crippen MR) is 262 cm³/mol. The lowest BCUT2D eigenvalue weighted by molar-refractivity contribution is 0.669. The van der Waals surface area contributed by atoms with Crippen molar-refractivity contribution in [1.82, 2.24) is 19.5 Å². The molecule has 0 atom stereocenters. The van der Waals surface area contributed by atoms with Crippen LogP contribution in [0.1, 0.15) is 11.1 Å². The highest BCUT2D eigenvalue weighted by molar-refractivity contribution is 7.25. The van der Waals surface area contributed by atoms with Crippen LogP contribution in [0.15, 0.2) is 193 Å². The summed E-state index contributed by atoms with van der Waals surface area (Å²) >= 11 is 1.79. The Kier molecular flexibility index (Phi) is 7.07. The molecular formula is C57H32N4OS. The van der Waals surface area contributed by atoms with E-state index in [1.54, 1.807) is 11.3 Å². The molecule has 9 aromatic carbocycles. The standard InChI is InChI=1S/C57H32N4OS/c1-32-37-14-4-5-15-38(37)39-24-22-35(29-45(32)39)55-58-56(36-23-25-42-41-17-8-11-21-51(41)63-52(42)31-36)60-57(59-55)44-26-27-48(53-43-18-7-10-20-50(43)62-54(44)53)61-47-19-9-6-16-40(47)46-28-33-12-2-3-13-34(33)30-49(46)61/h2-31H,1H2. The van der Waals surface area contributed by atoms with E-state index in [9.17, 15) is 0 Å². The van der Waals surface area contributed by atoms with Crippen LogP contribution < -0.4 is 0 Å². The van der Waals surface area contributed by atoms with Crippen LogP contribution >= 0.6 is 11.3 Å². The second-order valence-electron chi connectivity index (χ2n) is 16.4. The van der Waals surface area contributed by atoms with Crippen molar-refractivity contribution in [1.29, 1.82) is 0 Å². The summed E-state index contributed by atoms with van der Waals surface area (Å²) in [4.78, 5) is 15.9. The summed E-state index contributed by atoms with van der Waals surface area (Å²) in [6, 6.07) is 64.6. The van der Waals surface area contributed by atoms with Gasteiger partial charge in [-0.05, 0) is 93.2 Å². The summed E-state index contributed by atoms with van der Waals surface area (Å²) in [5.41, 5.74) is 13.0. The van der Waals surface area contributed by atoms with Gasteiger partial charge in [-0.3, -0.25) is 0 Å². The molecule has 6 heteroatoms. The van der Waals surface area contributed by atoms with Gasteiger partial charge in [-0.1, -0.05) is 134 Å². The van der Waals surface area contributed by atoms with E-state index in [-0.39, 0.29) is 0 Å². The van der Waals surface area contributed by atoms with Gasteiger partial charge in [0.05, 0.1) is 27.7 Å². The molecule has 1 aliphatic rings. The molecule has 0 unspecified atom stereocenters. The summed E-state index contributed by atoms with van der Waals surface area (Å²) < 4.78 is 11.8. The van der Waals surface area contributed by atoms with E-state index in [4.69, 9.17) is 19.4 Å². The second-order valence-corrected chi connectivity index (χ2v) is 17.5. The van der Waals surface area contributed by atoms with Gasteiger partial charge in [0, 0.05) is 47.5 Å². The maximum atomic E-state index is 6.94. The van der Waals surface area contributed by atoms with Gasteiger partial charge in [-0.15, -0.1) is 11.3 Å². The number of nitrogens with zero attached hydrogens (tertiary/aromatic N) is 4. The first-order valence-corrected chi connectivity index (χ1v) is 21.9. The minimum Gasteiger partial charge on any atom is -0.455 e. The Labute approximate surface area is 364 Å². The first kappa shape index (κ1) is 34.5. The van der Waals surface area contributed by atoms with E-state index >= 15 is 0 Å². The molecule has 0 amide bonds. The van der Waals surface area contributed by atoms with Crippen molar-refractivity contribution in [2.45, 2.75) is 0 Å². The van der Waals surface area contributed by atoms with Crippen molar-refractivity contribution in [3.8, 4) is 51.0 Å². The Morgan fingerprint density at radius 3 is 1.94 bits per heavy atom. The second kappa shape index (κ2) is 12.9. The highest BCUT2D eigenvalue weighted by Gasteiger charge is 2.26. The van der Waals surface area contributed by atoms with Gasteiger partial charge in [-0.2, -0.15) is 0 Å². The lowest BCUT2D eigenvalue weighted by atomic mass is 10.0. The monoisotopic (exact) mass is 820 g/mol. The number of thiophene rings is 1. The molecule has 4 aromatic heterocycles. The topological polar surface area (TPSA) is 56.7 Å². The Hall–Kier alpha value is -8.19. The van der Waals surface area contributed by atoms with E-state index in [1.807, 2.05) is 12.1 Å². The maximum absolute atomic E-state index is 6.94. The molecule has 63 heavy (non-hydrogen) atoms. The van der Waals surface area contributed by atoms with Gasteiger partial charge in [-0.25, -0.2) is 15.0 Å². The molecule has 1 aliphatic carbocycles. The molecular weight excluding hydrogens is 789 g/mol. The molecule has 0 saturated heterocycles. The summed E-state index contributed by atoms with van der Waals surface area (Å²) in [5.74, 6) is 1.72. The lowest BCUT2D eigenvalue weighted by Gasteiger charge is -2.13. The number of hydrogen-bond donors (Lipinski definition) is 0. The van der Waals surface area contributed by atoms with Crippen LogP contribution in [0.4, 0.5) is 0 Å². The van der Waals surface area contributed by atoms with Crippen molar-refractivity contribution in [2.75, 3.05) is 0 Å². The van der Waals surface area contributed by atoms with Gasteiger partial charge >= 0.3 is 0 Å². The van der Waals surface area contributed by atoms with Crippen molar-refractivity contribution in [3.63, 3.8) is 0 Å². The Bertz CT molecular complexity index is 4130. The molecule has 0 spiro atoms. The van der Waals surface area contributed by atoms with E-state index in [0.717, 1.165) is 72.0 Å². The number of furan rings is 1. The highest BCUT2D eigenvalue weighted by Crippen LogP contribution is 2.46. The minimum absolute atomic E-state index is 0.540. The fraction of sp³-hybridized carbons (Fsp3) is 0. The van der Waals surface area contributed by atoms with Crippen LogP contribution in [-0.4, -0.2) is 19.5 Å². The average Bonchev–Trinajstić information content (AvgIpc) is 4.08. The van der Waals surface area contributed by atoms with Crippen LogP contribution in [0.25, 0.3) is 131 Å². The molecule has 292 valence electrons. The zero-order valence-electron chi connectivity index (χ0n) is 33.6. The van der Waals surface area contributed by atoms with E-state index in [2.05, 4.69) is 181 Å². The molecule has 4 heterocycles. The van der Waals surface area contributed by atoms with Crippen LogP contribution in [0.3, 0.4) is 0 Å². The fourth-order valence-electron chi connectivity index (χ4n) is 10.0. The number of aromatic nitrogens is 4. The van der Waals surface area contributed by atoms with Gasteiger partial charge < -0.3 is 8.98 Å². The molecule has 5 nitrogen and oxygen atoms in total. The number of fused-ring (bicyclic) bond motifs is 13. The predicted octanol–water partition coefficient (Wildman–Crippen LogP) is 15.4. The lowest BCUT2D eigenvalue weighted by Crippen LogP contribution is -2.01. The number of hydrogen-bond acceptors (Lipinski definition) is 5. The molecule has 0 saturated carbocycles. The first-order chi connectivity index (χ1) is 31.1. The van der Waals surface area contributed by atoms with Gasteiger partial charge in [0.1, 0.15) is 11.2 Å². The maximum Gasteiger partial charge on any atom is 0.167 e. The Morgan fingerprint density at radius 2 is 1.06 bits per heavy atom. The molecule has 14 rings (SSSR count). The Morgan fingerprint density at radius 1 is 0.429 bits per heavy atom. The van der Waals surface area contributed by atoms with E-state index in [0.29, 0.717) is 17.5 Å². The summed E-state index contributed by atoms with van der Waals surface area (Å²) in [5, 5.41) is 9.32. The third kappa shape index (κ3) is 5.01. The van der Waals surface area contributed by atoms with E-state index in [1.165, 1.54) is 52.8 Å². The molecule has 13 aromatic rings. The minimum atomic E-state index is 0.540. The van der Waals surface area contributed by atoms with Crippen LogP contribution in [0.5, 0.6) is 0 Å². The quantitative estimate of drug-likeness (QED) is 0.177. The summed E-state index contributed by atoms with van der Waals surface area (Å²) in [6.07, 6.45) is 0. The number of para-hydroxylation sites is 2. The summed E-state index contributed by atoms with van der Waals surface area (Å²) in [6.45, 7) is 4.52. The first-order valence-electron chi connectivity index (χ1n) is 21.1. The van der Waals surface area contributed by atoms with Gasteiger partial charge in [0.25, 0.3) is 0 Å². The van der Waals surface area contributed by atoms with Crippen molar-refractivity contribution in [2.24, 2.45) is 0 Å². The van der Waals surface area contributed by atoms with Crippen LogP contribution in [0.2, 0.25) is 0 Å². The smallest absolute Gasteiger partial charge is 0.167 e. The number of benzene rings is 9. The molecule has 0 radical (unpaired) electrons. The van der Waals surface area contributed by atoms with Gasteiger partial charge in [0.2, 0.25) is 0 Å². The SMILES string of the molecule is C=C1c2ccccc2-c2ccc(-c3nc(-c4ccc5c(c4)sc4ccccc45)nc(-c4ccc(-n5c6ccccc6c6cc7ccccc7cc65)c5c4oc4ccccc45)n3)cc21. The van der Waals surface area contributed by atoms with Crippen molar-refractivity contribution >= 4 is 91.6 Å². The zero-order chi connectivity index (χ0) is 41.3. The largest absolute Gasteiger partial charge is 0.455 e.